The molecule has 1 aromatic rings. The Morgan fingerprint density at radius 2 is 2.33 bits per heavy atom. The SMILES string of the molecule is O=C(O)CCC1CCCN(Cc2ccc3c(c2)CCO3)C1. The minimum atomic E-state index is -0.675. The molecule has 4 heteroatoms. The van der Waals surface area contributed by atoms with Gasteiger partial charge in [0.1, 0.15) is 5.75 Å². The Morgan fingerprint density at radius 3 is 3.19 bits per heavy atom. The summed E-state index contributed by atoms with van der Waals surface area (Å²) in [6.45, 7) is 3.93. The summed E-state index contributed by atoms with van der Waals surface area (Å²) >= 11 is 0. The van der Waals surface area contributed by atoms with E-state index in [-0.39, 0.29) is 0 Å². The number of likely N-dealkylation sites (tertiary alicyclic amines) is 1. The lowest BCUT2D eigenvalue weighted by Crippen LogP contribution is -2.35. The van der Waals surface area contributed by atoms with Crippen LogP contribution in [0.1, 0.15) is 36.8 Å². The Balaban J connectivity index is 1.55. The number of benzene rings is 1. The molecule has 2 aliphatic heterocycles. The Hall–Kier alpha value is -1.55. The maximum atomic E-state index is 10.7. The van der Waals surface area contributed by atoms with Crippen molar-refractivity contribution in [2.75, 3.05) is 19.7 Å². The van der Waals surface area contributed by atoms with Gasteiger partial charge in [-0.05, 0) is 48.9 Å². The molecule has 0 amide bonds. The smallest absolute Gasteiger partial charge is 0.303 e. The quantitative estimate of drug-likeness (QED) is 0.905. The van der Waals surface area contributed by atoms with E-state index >= 15 is 0 Å². The van der Waals surface area contributed by atoms with Gasteiger partial charge in [0.2, 0.25) is 0 Å². The largest absolute Gasteiger partial charge is 0.493 e. The first kappa shape index (κ1) is 14.4. The van der Waals surface area contributed by atoms with Gasteiger partial charge in [0.25, 0.3) is 0 Å². The number of carbonyl (C=O) groups is 1. The van der Waals surface area contributed by atoms with Crippen molar-refractivity contribution >= 4 is 5.97 Å². The number of aliphatic carboxylic acids is 1. The molecule has 2 aliphatic rings. The molecule has 4 nitrogen and oxygen atoms in total. The van der Waals surface area contributed by atoms with E-state index in [1.54, 1.807) is 0 Å². The van der Waals surface area contributed by atoms with Crippen LogP contribution in [-0.4, -0.2) is 35.7 Å². The van der Waals surface area contributed by atoms with Gasteiger partial charge in [-0.1, -0.05) is 12.1 Å². The van der Waals surface area contributed by atoms with Gasteiger partial charge in [-0.2, -0.15) is 0 Å². The lowest BCUT2D eigenvalue weighted by atomic mass is 9.93. The molecular formula is C17H23NO3. The molecule has 1 N–H and O–H groups in total. The summed E-state index contributed by atoms with van der Waals surface area (Å²) in [5, 5.41) is 8.81. The molecule has 0 radical (unpaired) electrons. The first-order valence-electron chi connectivity index (χ1n) is 7.89. The highest BCUT2D eigenvalue weighted by molar-refractivity contribution is 5.66. The van der Waals surface area contributed by atoms with Crippen molar-refractivity contribution < 1.29 is 14.6 Å². The highest BCUT2D eigenvalue weighted by Crippen LogP contribution is 2.27. The fraction of sp³-hybridized carbons (Fsp3) is 0.588. The predicted octanol–water partition coefficient (Wildman–Crippen LogP) is 2.70. The first-order valence-corrected chi connectivity index (χ1v) is 7.89. The zero-order valence-electron chi connectivity index (χ0n) is 12.4. The van der Waals surface area contributed by atoms with Crippen molar-refractivity contribution in [2.45, 2.75) is 38.6 Å². The van der Waals surface area contributed by atoms with Crippen LogP contribution in [0.5, 0.6) is 5.75 Å². The van der Waals surface area contributed by atoms with E-state index in [1.807, 2.05) is 0 Å². The van der Waals surface area contributed by atoms with E-state index in [2.05, 4.69) is 23.1 Å². The van der Waals surface area contributed by atoms with Crippen LogP contribution in [0.15, 0.2) is 18.2 Å². The molecule has 2 heterocycles. The molecule has 1 fully saturated rings. The summed E-state index contributed by atoms with van der Waals surface area (Å²) in [6, 6.07) is 6.51. The maximum absolute atomic E-state index is 10.7. The number of rotatable bonds is 5. The zero-order chi connectivity index (χ0) is 14.7. The average molecular weight is 289 g/mol. The molecule has 1 aromatic carbocycles. The lowest BCUT2D eigenvalue weighted by molar-refractivity contribution is -0.137. The van der Waals surface area contributed by atoms with E-state index in [9.17, 15) is 4.79 Å². The summed E-state index contributed by atoms with van der Waals surface area (Å²) in [7, 11) is 0. The number of hydrogen-bond donors (Lipinski definition) is 1. The Kier molecular flexibility index (Phi) is 4.44. The number of carboxylic acid groups (broad SMARTS) is 1. The third-order valence-electron chi connectivity index (χ3n) is 4.53. The second-order valence-electron chi connectivity index (χ2n) is 6.22. The average Bonchev–Trinajstić information content (AvgIpc) is 2.93. The van der Waals surface area contributed by atoms with Gasteiger partial charge < -0.3 is 9.84 Å². The van der Waals surface area contributed by atoms with E-state index in [1.165, 1.54) is 24.0 Å². The predicted molar refractivity (Wildman–Crippen MR) is 80.5 cm³/mol. The minimum Gasteiger partial charge on any atom is -0.493 e. The molecule has 0 aliphatic carbocycles. The van der Waals surface area contributed by atoms with Crippen molar-refractivity contribution in [3.8, 4) is 5.75 Å². The molecule has 1 unspecified atom stereocenters. The van der Waals surface area contributed by atoms with E-state index in [0.717, 1.165) is 44.8 Å². The standard InChI is InChI=1S/C17H23NO3/c19-17(20)6-4-13-2-1-8-18(11-13)12-14-3-5-16-15(10-14)7-9-21-16/h3,5,10,13H,1-2,4,6-9,11-12H2,(H,19,20). The molecule has 1 saturated heterocycles. The summed E-state index contributed by atoms with van der Waals surface area (Å²) < 4.78 is 5.55. The van der Waals surface area contributed by atoms with Crippen LogP contribution < -0.4 is 4.74 Å². The summed E-state index contributed by atoms with van der Waals surface area (Å²) in [6.07, 6.45) is 4.48. The normalized spacial score (nSPS) is 21.8. The molecule has 3 rings (SSSR count). The van der Waals surface area contributed by atoms with Gasteiger partial charge >= 0.3 is 5.97 Å². The van der Waals surface area contributed by atoms with Crippen LogP contribution in [0.2, 0.25) is 0 Å². The van der Waals surface area contributed by atoms with Crippen molar-refractivity contribution in [1.82, 2.24) is 4.90 Å². The third-order valence-corrected chi connectivity index (χ3v) is 4.53. The topological polar surface area (TPSA) is 49.8 Å². The van der Waals surface area contributed by atoms with Gasteiger partial charge in [0.05, 0.1) is 6.61 Å². The Labute approximate surface area is 125 Å². The van der Waals surface area contributed by atoms with Crippen molar-refractivity contribution in [1.29, 1.82) is 0 Å². The molecule has 21 heavy (non-hydrogen) atoms. The van der Waals surface area contributed by atoms with Gasteiger partial charge in [-0.15, -0.1) is 0 Å². The van der Waals surface area contributed by atoms with E-state index in [4.69, 9.17) is 9.84 Å². The fourth-order valence-corrected chi connectivity index (χ4v) is 3.45. The van der Waals surface area contributed by atoms with Gasteiger partial charge in [0.15, 0.2) is 0 Å². The molecule has 0 aromatic heterocycles. The summed E-state index contributed by atoms with van der Waals surface area (Å²) in [5.41, 5.74) is 2.67. The van der Waals surface area contributed by atoms with Gasteiger partial charge in [0, 0.05) is 25.9 Å². The van der Waals surface area contributed by atoms with Crippen molar-refractivity contribution in [3.05, 3.63) is 29.3 Å². The van der Waals surface area contributed by atoms with Crippen molar-refractivity contribution in [3.63, 3.8) is 0 Å². The van der Waals surface area contributed by atoms with Crippen LogP contribution >= 0.6 is 0 Å². The van der Waals surface area contributed by atoms with Crippen LogP contribution in [0.25, 0.3) is 0 Å². The number of carboxylic acids is 1. The second kappa shape index (κ2) is 6.48. The number of nitrogens with zero attached hydrogens (tertiary/aromatic N) is 1. The molecule has 0 spiro atoms. The van der Waals surface area contributed by atoms with Crippen LogP contribution in [0.3, 0.4) is 0 Å². The maximum Gasteiger partial charge on any atom is 0.303 e. The molecular weight excluding hydrogens is 266 g/mol. The number of fused-ring (bicyclic) bond motifs is 1. The van der Waals surface area contributed by atoms with E-state index in [0.29, 0.717) is 12.3 Å². The lowest BCUT2D eigenvalue weighted by Gasteiger charge is -2.32. The molecule has 114 valence electrons. The summed E-state index contributed by atoms with van der Waals surface area (Å²) in [5.74, 6) is 0.898. The zero-order valence-corrected chi connectivity index (χ0v) is 12.4. The van der Waals surface area contributed by atoms with E-state index < -0.39 is 5.97 Å². The minimum absolute atomic E-state index is 0.300. The van der Waals surface area contributed by atoms with Gasteiger partial charge in [-0.3, -0.25) is 9.69 Å². The highest BCUT2D eigenvalue weighted by atomic mass is 16.5. The van der Waals surface area contributed by atoms with Crippen molar-refractivity contribution in [2.24, 2.45) is 5.92 Å². The number of hydrogen-bond acceptors (Lipinski definition) is 3. The molecule has 1 atom stereocenters. The number of ether oxygens (including phenoxy) is 1. The van der Waals surface area contributed by atoms with Crippen LogP contribution in [-0.2, 0) is 17.8 Å². The molecule has 0 saturated carbocycles. The van der Waals surface area contributed by atoms with Gasteiger partial charge in [-0.25, -0.2) is 0 Å². The first-order chi connectivity index (χ1) is 10.2. The van der Waals surface area contributed by atoms with Crippen LogP contribution in [0, 0.1) is 5.92 Å². The fourth-order valence-electron chi connectivity index (χ4n) is 3.45. The van der Waals surface area contributed by atoms with Crippen LogP contribution in [0.4, 0.5) is 0 Å². The monoisotopic (exact) mass is 289 g/mol. The highest BCUT2D eigenvalue weighted by Gasteiger charge is 2.21. The summed E-state index contributed by atoms with van der Waals surface area (Å²) in [4.78, 5) is 13.2. The third kappa shape index (κ3) is 3.76. The second-order valence-corrected chi connectivity index (χ2v) is 6.22. The Morgan fingerprint density at radius 1 is 1.43 bits per heavy atom. The number of piperidine rings is 1. The Bertz CT molecular complexity index is 515. The molecule has 0 bridgehead atoms.